The number of aromatic nitrogens is 4. The highest BCUT2D eigenvalue weighted by molar-refractivity contribution is 7.90. The molecule has 2 rings (SSSR count). The van der Waals surface area contributed by atoms with Crippen molar-refractivity contribution in [2.45, 2.75) is 6.54 Å². The summed E-state index contributed by atoms with van der Waals surface area (Å²) in [7, 11) is -1.16. The van der Waals surface area contributed by atoms with Crippen molar-refractivity contribution in [1.29, 1.82) is 0 Å². The van der Waals surface area contributed by atoms with Crippen molar-refractivity contribution in [3.05, 3.63) is 23.0 Å². The summed E-state index contributed by atoms with van der Waals surface area (Å²) in [5.74, 6) is 0.0621. The Morgan fingerprint density at radius 1 is 1.50 bits per heavy atom. The van der Waals surface area contributed by atoms with E-state index in [9.17, 15) is 8.42 Å². The molecule has 0 fully saturated rings. The van der Waals surface area contributed by atoms with Gasteiger partial charge >= 0.3 is 0 Å². The smallest absolute Gasteiger partial charge is 0.149 e. The molecule has 98 valence electrons. The van der Waals surface area contributed by atoms with Crippen LogP contribution in [0.15, 0.2) is 18.3 Å². The summed E-state index contributed by atoms with van der Waals surface area (Å²) in [6.07, 6.45) is 2.90. The summed E-state index contributed by atoms with van der Waals surface area (Å²) in [4.78, 5) is 0. The van der Waals surface area contributed by atoms with Crippen molar-refractivity contribution in [3.8, 4) is 11.4 Å². The predicted molar refractivity (Wildman–Crippen MR) is 71.5 cm³/mol. The van der Waals surface area contributed by atoms with Crippen LogP contribution in [0.5, 0.6) is 0 Å². The van der Waals surface area contributed by atoms with E-state index in [1.54, 1.807) is 21.6 Å². The van der Waals surface area contributed by atoms with E-state index in [1.165, 1.54) is 6.26 Å². The van der Waals surface area contributed by atoms with E-state index in [2.05, 4.69) is 10.2 Å². The zero-order valence-corrected chi connectivity index (χ0v) is 11.8. The molecule has 2 aromatic rings. The first-order valence-electron chi connectivity index (χ1n) is 5.33. The Bertz CT molecular complexity index is 708. The molecule has 2 heterocycles. The molecule has 18 heavy (non-hydrogen) atoms. The molecule has 0 aliphatic carbocycles. The lowest BCUT2D eigenvalue weighted by Gasteiger charge is -2.02. The van der Waals surface area contributed by atoms with Gasteiger partial charge in [0, 0.05) is 25.6 Å². The second-order valence-corrected chi connectivity index (χ2v) is 6.81. The number of rotatable bonds is 4. The number of sulfone groups is 1. The molecule has 0 atom stereocenters. The first kappa shape index (κ1) is 13.0. The van der Waals surface area contributed by atoms with Gasteiger partial charge in [-0.2, -0.15) is 5.10 Å². The van der Waals surface area contributed by atoms with Gasteiger partial charge in [-0.25, -0.2) is 8.42 Å². The molecular formula is C10H14N4O2S2. The molecule has 0 aliphatic heterocycles. The maximum Gasteiger partial charge on any atom is 0.149 e. The molecule has 0 aromatic carbocycles. The minimum atomic E-state index is -3.00. The van der Waals surface area contributed by atoms with E-state index < -0.39 is 9.84 Å². The lowest BCUT2D eigenvalue weighted by Crippen LogP contribution is -2.12. The number of nitrogens with one attached hydrogen (secondary N) is 1. The molecular weight excluding hydrogens is 272 g/mol. The maximum absolute atomic E-state index is 11.1. The van der Waals surface area contributed by atoms with E-state index >= 15 is 0 Å². The molecule has 0 saturated carbocycles. The van der Waals surface area contributed by atoms with Gasteiger partial charge in [0.1, 0.15) is 14.5 Å². The number of hydrogen-bond donors (Lipinski definition) is 1. The minimum absolute atomic E-state index is 0.0621. The molecule has 0 unspecified atom stereocenters. The number of aromatic amines is 1. The van der Waals surface area contributed by atoms with Crippen LogP contribution in [-0.4, -0.2) is 40.0 Å². The quantitative estimate of drug-likeness (QED) is 0.851. The normalized spacial score (nSPS) is 11.9. The molecule has 0 amide bonds. The average Bonchev–Trinajstić information content (AvgIpc) is 2.81. The highest BCUT2D eigenvalue weighted by Gasteiger charge is 2.08. The van der Waals surface area contributed by atoms with Gasteiger partial charge in [0.05, 0.1) is 23.7 Å². The summed E-state index contributed by atoms with van der Waals surface area (Å²) in [5.41, 5.74) is 1.73. The second-order valence-electron chi connectivity index (χ2n) is 4.13. The van der Waals surface area contributed by atoms with Crippen LogP contribution in [0.4, 0.5) is 0 Å². The van der Waals surface area contributed by atoms with Crippen molar-refractivity contribution in [2.24, 2.45) is 7.05 Å². The van der Waals surface area contributed by atoms with Crippen LogP contribution >= 0.6 is 12.2 Å². The first-order valence-corrected chi connectivity index (χ1v) is 7.79. The zero-order chi connectivity index (χ0) is 13.3. The minimum Gasteiger partial charge on any atom is -0.295 e. The maximum atomic E-state index is 11.1. The summed E-state index contributed by atoms with van der Waals surface area (Å²) in [6.45, 7) is 0.329. The Hall–Kier alpha value is -1.41. The van der Waals surface area contributed by atoms with E-state index in [0.29, 0.717) is 11.2 Å². The van der Waals surface area contributed by atoms with Gasteiger partial charge in [-0.1, -0.05) is 12.2 Å². The van der Waals surface area contributed by atoms with Crippen molar-refractivity contribution in [1.82, 2.24) is 19.6 Å². The number of hydrogen-bond acceptors (Lipinski definition) is 4. The van der Waals surface area contributed by atoms with Gasteiger partial charge in [-0.3, -0.25) is 14.5 Å². The lowest BCUT2D eigenvalue weighted by molar-refractivity contribution is 0.584. The van der Waals surface area contributed by atoms with E-state index in [1.807, 2.05) is 13.1 Å². The molecule has 1 N–H and O–H groups in total. The van der Waals surface area contributed by atoms with Crippen LogP contribution in [0.3, 0.4) is 0 Å². The number of nitrogens with zero attached hydrogens (tertiary/aromatic N) is 3. The molecule has 0 aliphatic rings. The molecule has 0 spiro atoms. The Balaban J connectivity index is 2.28. The third kappa shape index (κ3) is 2.88. The van der Waals surface area contributed by atoms with Crippen LogP contribution in [-0.2, 0) is 23.4 Å². The van der Waals surface area contributed by atoms with Crippen molar-refractivity contribution >= 4 is 22.1 Å². The highest BCUT2D eigenvalue weighted by atomic mass is 32.2. The Morgan fingerprint density at radius 3 is 2.78 bits per heavy atom. The van der Waals surface area contributed by atoms with Gasteiger partial charge < -0.3 is 0 Å². The monoisotopic (exact) mass is 286 g/mol. The largest absolute Gasteiger partial charge is 0.295 e. The van der Waals surface area contributed by atoms with Crippen molar-refractivity contribution < 1.29 is 8.42 Å². The summed E-state index contributed by atoms with van der Waals surface area (Å²) < 4.78 is 26.2. The fourth-order valence-corrected chi connectivity index (χ4v) is 2.40. The predicted octanol–water partition coefficient (Wildman–Crippen LogP) is 0.991. The van der Waals surface area contributed by atoms with Crippen LogP contribution in [0.1, 0.15) is 0 Å². The standard InChI is InChI=1S/C10H14N4O2S2/c1-13-9(3-4-11-13)8-7-10(17)14(12-8)5-6-18(2,15)16/h3-4,7,12H,5-6H2,1-2H3. The van der Waals surface area contributed by atoms with Crippen LogP contribution in [0.2, 0.25) is 0 Å². The highest BCUT2D eigenvalue weighted by Crippen LogP contribution is 2.16. The molecule has 0 saturated heterocycles. The van der Waals surface area contributed by atoms with Crippen LogP contribution in [0.25, 0.3) is 11.4 Å². The Kier molecular flexibility index (Phi) is 3.40. The van der Waals surface area contributed by atoms with E-state index in [0.717, 1.165) is 11.4 Å². The fourth-order valence-electron chi connectivity index (χ4n) is 1.63. The van der Waals surface area contributed by atoms with E-state index in [4.69, 9.17) is 12.2 Å². The molecule has 0 bridgehead atoms. The average molecular weight is 286 g/mol. The Morgan fingerprint density at radius 2 is 2.22 bits per heavy atom. The molecule has 8 heteroatoms. The first-order chi connectivity index (χ1) is 8.37. The Labute approximate surface area is 110 Å². The van der Waals surface area contributed by atoms with Gasteiger partial charge in [0.25, 0.3) is 0 Å². The molecule has 0 radical (unpaired) electrons. The summed E-state index contributed by atoms with van der Waals surface area (Å²) in [5, 5.41) is 7.16. The summed E-state index contributed by atoms with van der Waals surface area (Å²) in [6, 6.07) is 3.66. The van der Waals surface area contributed by atoms with Gasteiger partial charge in [-0.05, 0) is 6.07 Å². The fraction of sp³-hybridized carbons (Fsp3) is 0.400. The van der Waals surface area contributed by atoms with Gasteiger partial charge in [0.15, 0.2) is 0 Å². The van der Waals surface area contributed by atoms with Crippen molar-refractivity contribution in [2.75, 3.05) is 12.0 Å². The third-order valence-corrected chi connectivity index (χ3v) is 3.83. The number of aryl methyl sites for hydroxylation is 2. The summed E-state index contributed by atoms with van der Waals surface area (Å²) >= 11 is 5.19. The lowest BCUT2D eigenvalue weighted by atomic mass is 10.3. The zero-order valence-electron chi connectivity index (χ0n) is 10.1. The van der Waals surface area contributed by atoms with Gasteiger partial charge in [0.2, 0.25) is 0 Å². The SMILES string of the molecule is Cn1nccc1-c1cc(=S)n(CCS(C)(=O)=O)[nH]1. The van der Waals surface area contributed by atoms with Crippen molar-refractivity contribution in [3.63, 3.8) is 0 Å². The van der Waals surface area contributed by atoms with E-state index in [-0.39, 0.29) is 5.75 Å². The van der Waals surface area contributed by atoms with Crippen LogP contribution in [0, 0.1) is 4.64 Å². The molecule has 2 aromatic heterocycles. The topological polar surface area (TPSA) is 72.7 Å². The third-order valence-electron chi connectivity index (χ3n) is 2.57. The molecule has 6 nitrogen and oxygen atoms in total. The second kappa shape index (κ2) is 4.69. The van der Waals surface area contributed by atoms with Crippen LogP contribution < -0.4 is 0 Å². The number of H-pyrrole nitrogens is 1. The van der Waals surface area contributed by atoms with Gasteiger partial charge in [-0.15, -0.1) is 0 Å².